The first-order valence-corrected chi connectivity index (χ1v) is 6.98. The third kappa shape index (κ3) is 2.00. The van der Waals surface area contributed by atoms with Gasteiger partial charge < -0.3 is 15.0 Å². The van der Waals surface area contributed by atoms with Crippen molar-refractivity contribution in [2.75, 3.05) is 27.2 Å². The molecule has 0 spiro atoms. The number of nitrogens with zero attached hydrogens (tertiary/aromatic N) is 2. The lowest BCUT2D eigenvalue weighted by Gasteiger charge is -2.59. The molecule has 2 fully saturated rings. The van der Waals surface area contributed by atoms with E-state index in [1.54, 1.807) is 0 Å². The molecule has 0 aromatic rings. The topological polar surface area (TPSA) is 36.9 Å². The summed E-state index contributed by atoms with van der Waals surface area (Å²) in [7, 11) is 3.69. The summed E-state index contributed by atoms with van der Waals surface area (Å²) in [4.78, 5) is 6.78. The van der Waals surface area contributed by atoms with Gasteiger partial charge in [0.1, 0.15) is 0 Å². The lowest BCUT2D eigenvalue weighted by atomic mass is 9.56. The number of aliphatic imine (C=N–C) groups is 1. The second-order valence-corrected chi connectivity index (χ2v) is 6.30. The number of hydrogen-bond donors (Lipinski definition) is 1. The minimum atomic E-state index is -0.0193. The fourth-order valence-electron chi connectivity index (χ4n) is 3.11. The molecule has 0 aromatic heterocycles. The molecular weight excluding hydrogens is 226 g/mol. The van der Waals surface area contributed by atoms with Crippen LogP contribution in [0.1, 0.15) is 40.0 Å². The number of guanidine groups is 1. The van der Waals surface area contributed by atoms with E-state index in [1.165, 1.54) is 12.8 Å². The van der Waals surface area contributed by atoms with Crippen LogP contribution in [0.5, 0.6) is 0 Å². The van der Waals surface area contributed by atoms with Gasteiger partial charge in [0.2, 0.25) is 0 Å². The van der Waals surface area contributed by atoms with Gasteiger partial charge in [0.05, 0.1) is 5.60 Å². The van der Waals surface area contributed by atoms with Gasteiger partial charge in [-0.15, -0.1) is 0 Å². The molecule has 104 valence electrons. The van der Waals surface area contributed by atoms with Gasteiger partial charge in [0.25, 0.3) is 0 Å². The number of rotatable bonds is 2. The first kappa shape index (κ1) is 13.7. The van der Waals surface area contributed by atoms with Gasteiger partial charge in [-0.1, -0.05) is 13.8 Å². The Bertz CT molecular complexity index is 334. The minimum Gasteiger partial charge on any atom is -0.378 e. The lowest BCUT2D eigenvalue weighted by Crippen LogP contribution is -2.69. The van der Waals surface area contributed by atoms with Crippen LogP contribution in [0.3, 0.4) is 0 Å². The molecule has 0 amide bonds. The molecule has 1 N–H and O–H groups in total. The van der Waals surface area contributed by atoms with Crippen LogP contribution in [0.25, 0.3) is 0 Å². The zero-order valence-corrected chi connectivity index (χ0v) is 12.4. The average Bonchev–Trinajstić information content (AvgIpc) is 2.87. The van der Waals surface area contributed by atoms with Crippen molar-refractivity contribution >= 4 is 5.96 Å². The van der Waals surface area contributed by atoms with E-state index in [0.29, 0.717) is 6.04 Å². The monoisotopic (exact) mass is 253 g/mol. The Labute approximate surface area is 111 Å². The first-order valence-electron chi connectivity index (χ1n) is 6.98. The molecule has 0 radical (unpaired) electrons. The van der Waals surface area contributed by atoms with Crippen LogP contribution in [-0.4, -0.2) is 49.7 Å². The number of nitrogens with one attached hydrogen (secondary N) is 1. The summed E-state index contributed by atoms with van der Waals surface area (Å²) >= 11 is 0. The van der Waals surface area contributed by atoms with Gasteiger partial charge in [-0.05, 0) is 26.2 Å². The molecule has 2 atom stereocenters. The van der Waals surface area contributed by atoms with Gasteiger partial charge in [0, 0.05) is 38.7 Å². The second-order valence-electron chi connectivity index (χ2n) is 6.30. The quantitative estimate of drug-likeness (QED) is 0.603. The van der Waals surface area contributed by atoms with Crippen molar-refractivity contribution in [3.05, 3.63) is 0 Å². The standard InChI is InChI=1S/C14H27N3O/c1-13(2)11(10-14(13,3)18-5)16-12(15-4)17-8-6-7-9-17/h11H,6-10H2,1-5H3,(H,15,16). The van der Waals surface area contributed by atoms with Crippen LogP contribution in [0, 0.1) is 5.41 Å². The molecular formula is C14H27N3O. The predicted molar refractivity (Wildman–Crippen MR) is 74.9 cm³/mol. The minimum absolute atomic E-state index is 0.0193. The van der Waals surface area contributed by atoms with Gasteiger partial charge in [0.15, 0.2) is 5.96 Å². The smallest absolute Gasteiger partial charge is 0.193 e. The van der Waals surface area contributed by atoms with E-state index >= 15 is 0 Å². The van der Waals surface area contributed by atoms with Gasteiger partial charge in [-0.3, -0.25) is 4.99 Å². The molecule has 2 aliphatic rings. The molecule has 1 aliphatic carbocycles. The van der Waals surface area contributed by atoms with Crippen molar-refractivity contribution < 1.29 is 4.74 Å². The Balaban J connectivity index is 1.98. The highest BCUT2D eigenvalue weighted by atomic mass is 16.5. The number of ether oxygens (including phenoxy) is 1. The fourth-order valence-corrected chi connectivity index (χ4v) is 3.11. The van der Waals surface area contributed by atoms with Crippen molar-refractivity contribution in [1.82, 2.24) is 10.2 Å². The van der Waals surface area contributed by atoms with Gasteiger partial charge in [-0.25, -0.2) is 0 Å². The first-order chi connectivity index (χ1) is 8.44. The lowest BCUT2D eigenvalue weighted by molar-refractivity contribution is -0.176. The summed E-state index contributed by atoms with van der Waals surface area (Å²) in [6.07, 6.45) is 3.61. The van der Waals surface area contributed by atoms with E-state index < -0.39 is 0 Å². The van der Waals surface area contributed by atoms with Crippen LogP contribution in [0.2, 0.25) is 0 Å². The van der Waals surface area contributed by atoms with E-state index in [4.69, 9.17) is 4.74 Å². The van der Waals surface area contributed by atoms with Crippen LogP contribution in [0.15, 0.2) is 4.99 Å². The van der Waals surface area contributed by atoms with Crippen molar-refractivity contribution in [1.29, 1.82) is 0 Å². The largest absolute Gasteiger partial charge is 0.378 e. The van der Waals surface area contributed by atoms with E-state index in [0.717, 1.165) is 25.5 Å². The molecule has 2 rings (SSSR count). The van der Waals surface area contributed by atoms with E-state index in [2.05, 4.69) is 36.0 Å². The van der Waals surface area contributed by atoms with E-state index in [9.17, 15) is 0 Å². The molecule has 1 aliphatic heterocycles. The Hall–Kier alpha value is -0.770. The Morgan fingerprint density at radius 1 is 1.28 bits per heavy atom. The summed E-state index contributed by atoms with van der Waals surface area (Å²) in [5.41, 5.74) is 0.117. The zero-order valence-electron chi connectivity index (χ0n) is 12.4. The maximum Gasteiger partial charge on any atom is 0.193 e. The Kier molecular flexibility index (Phi) is 3.58. The maximum atomic E-state index is 5.67. The van der Waals surface area contributed by atoms with Crippen LogP contribution in [0.4, 0.5) is 0 Å². The summed E-state index contributed by atoms with van der Waals surface area (Å²) in [5.74, 6) is 1.06. The Morgan fingerprint density at radius 3 is 2.33 bits per heavy atom. The van der Waals surface area contributed by atoms with E-state index in [1.807, 2.05) is 14.2 Å². The molecule has 0 bridgehead atoms. The zero-order chi connectivity index (χ0) is 13.4. The third-order valence-electron chi connectivity index (χ3n) is 5.20. The maximum absolute atomic E-state index is 5.67. The van der Waals surface area contributed by atoms with Gasteiger partial charge >= 0.3 is 0 Å². The van der Waals surface area contributed by atoms with Crippen molar-refractivity contribution in [3.8, 4) is 0 Å². The van der Waals surface area contributed by atoms with Crippen molar-refractivity contribution in [2.24, 2.45) is 10.4 Å². The SMILES string of the molecule is CN=C(NC1CC(C)(OC)C1(C)C)N1CCCC1. The summed E-state index contributed by atoms with van der Waals surface area (Å²) < 4.78 is 5.67. The molecule has 4 nitrogen and oxygen atoms in total. The number of hydrogen-bond acceptors (Lipinski definition) is 2. The van der Waals surface area contributed by atoms with Gasteiger partial charge in [-0.2, -0.15) is 0 Å². The molecule has 1 saturated heterocycles. The molecule has 2 unspecified atom stereocenters. The van der Waals surface area contributed by atoms with Crippen LogP contribution < -0.4 is 5.32 Å². The molecule has 18 heavy (non-hydrogen) atoms. The molecule has 1 heterocycles. The Morgan fingerprint density at radius 2 is 1.89 bits per heavy atom. The second kappa shape index (κ2) is 4.72. The van der Waals surface area contributed by atoms with Crippen molar-refractivity contribution in [3.63, 3.8) is 0 Å². The molecule has 4 heteroatoms. The molecule has 1 saturated carbocycles. The van der Waals surface area contributed by atoms with E-state index in [-0.39, 0.29) is 11.0 Å². The number of methoxy groups -OCH3 is 1. The van der Waals surface area contributed by atoms with Crippen LogP contribution in [-0.2, 0) is 4.74 Å². The highest BCUT2D eigenvalue weighted by molar-refractivity contribution is 5.80. The fraction of sp³-hybridized carbons (Fsp3) is 0.929. The highest BCUT2D eigenvalue weighted by Crippen LogP contribution is 2.51. The summed E-state index contributed by atoms with van der Waals surface area (Å²) in [5, 5.41) is 3.62. The summed E-state index contributed by atoms with van der Waals surface area (Å²) in [6.45, 7) is 9.01. The predicted octanol–water partition coefficient (Wildman–Crippen LogP) is 1.86. The number of likely N-dealkylation sites (tertiary alicyclic amines) is 1. The third-order valence-corrected chi connectivity index (χ3v) is 5.20. The highest BCUT2D eigenvalue weighted by Gasteiger charge is 2.58. The average molecular weight is 253 g/mol. The van der Waals surface area contributed by atoms with Crippen molar-refractivity contribution in [2.45, 2.75) is 51.7 Å². The molecule has 0 aromatic carbocycles. The normalized spacial score (nSPS) is 35.5. The summed E-state index contributed by atoms with van der Waals surface area (Å²) in [6, 6.07) is 0.446. The van der Waals surface area contributed by atoms with Crippen LogP contribution >= 0.6 is 0 Å².